The molecule has 0 amide bonds. The lowest BCUT2D eigenvalue weighted by molar-refractivity contribution is 0.174. The van der Waals surface area contributed by atoms with Crippen LogP contribution in [0.25, 0.3) is 22.4 Å². The number of benzene rings is 1. The maximum atomic E-state index is 12.7. The Bertz CT molecular complexity index is 1230. The molecular weight excluding hydrogens is 348 g/mol. The average Bonchev–Trinajstić information content (AvgIpc) is 3.29. The number of hydrogen-bond donors (Lipinski definition) is 1. The maximum absolute atomic E-state index is 12.7. The highest BCUT2D eigenvalue weighted by atomic mass is 16.7. The number of nitrogens with zero attached hydrogens (tertiary/aromatic N) is 3. The fourth-order valence-corrected chi connectivity index (χ4v) is 3.86. The molecule has 0 unspecified atom stereocenters. The molecule has 2 aliphatic rings. The van der Waals surface area contributed by atoms with Crippen molar-refractivity contribution in [2.75, 3.05) is 12.5 Å². The van der Waals surface area contributed by atoms with Crippen LogP contribution in [0.3, 0.4) is 0 Å². The van der Waals surface area contributed by atoms with Crippen molar-refractivity contribution in [2.24, 2.45) is 14.1 Å². The Kier molecular flexibility index (Phi) is 3.10. The van der Waals surface area contributed by atoms with Gasteiger partial charge >= 0.3 is 5.69 Å². The van der Waals surface area contributed by atoms with Crippen molar-refractivity contribution in [1.29, 1.82) is 0 Å². The van der Waals surface area contributed by atoms with E-state index in [4.69, 9.17) is 15.2 Å². The largest absolute Gasteiger partial charge is 0.454 e. The topological polar surface area (TPSA) is 93.4 Å². The molecule has 138 valence electrons. The number of nitrogens with two attached hydrogens (primary N) is 1. The molecule has 5 rings (SSSR count). The zero-order chi connectivity index (χ0) is 18.9. The van der Waals surface area contributed by atoms with E-state index in [2.05, 4.69) is 4.57 Å². The minimum Gasteiger partial charge on any atom is -0.454 e. The van der Waals surface area contributed by atoms with Gasteiger partial charge in [0.15, 0.2) is 11.5 Å². The van der Waals surface area contributed by atoms with E-state index in [1.165, 1.54) is 17.2 Å². The maximum Gasteiger partial charge on any atom is 0.332 e. The molecule has 1 aromatic carbocycles. The summed E-state index contributed by atoms with van der Waals surface area (Å²) in [5.74, 6) is 1.66. The Labute approximate surface area is 154 Å². The van der Waals surface area contributed by atoms with Gasteiger partial charge in [-0.2, -0.15) is 0 Å². The van der Waals surface area contributed by atoms with Crippen LogP contribution in [0.5, 0.6) is 11.5 Å². The molecule has 0 radical (unpaired) electrons. The van der Waals surface area contributed by atoms with Crippen LogP contribution in [0.2, 0.25) is 0 Å². The molecule has 0 bridgehead atoms. The van der Waals surface area contributed by atoms with Gasteiger partial charge in [0.25, 0.3) is 5.56 Å². The van der Waals surface area contributed by atoms with Crippen LogP contribution in [0.4, 0.5) is 5.82 Å². The first kappa shape index (κ1) is 15.8. The van der Waals surface area contributed by atoms with E-state index in [0.717, 1.165) is 40.3 Å². The zero-order valence-electron chi connectivity index (χ0n) is 15.0. The average molecular weight is 366 g/mol. The quantitative estimate of drug-likeness (QED) is 0.696. The highest BCUT2D eigenvalue weighted by Gasteiger charge is 2.25. The number of rotatable bonds is 1. The highest BCUT2D eigenvalue weighted by Crippen LogP contribution is 2.42. The predicted octanol–water partition coefficient (Wildman–Crippen LogP) is 1.09. The molecule has 2 aliphatic heterocycles. The summed E-state index contributed by atoms with van der Waals surface area (Å²) in [5.41, 5.74) is 9.53. The standard InChI is InChI=1S/C19H18N4O4/c1-21-17(20)16(18(24)22(2)19(21)25)11-5-13-12-7-15-14(26-9-27-15)6-10(12)3-4-23(13)8-11/h5-8H,3-4,9,20H2,1-2H3. The second-order valence-corrected chi connectivity index (χ2v) is 6.89. The van der Waals surface area contributed by atoms with E-state index >= 15 is 0 Å². The molecule has 0 fully saturated rings. The summed E-state index contributed by atoms with van der Waals surface area (Å²) < 4.78 is 15.5. The summed E-state index contributed by atoms with van der Waals surface area (Å²) >= 11 is 0. The van der Waals surface area contributed by atoms with Gasteiger partial charge in [-0.3, -0.25) is 13.9 Å². The summed E-state index contributed by atoms with van der Waals surface area (Å²) in [6.45, 7) is 1.02. The summed E-state index contributed by atoms with van der Waals surface area (Å²) in [6.07, 6.45) is 2.77. The van der Waals surface area contributed by atoms with Crippen molar-refractivity contribution in [3.8, 4) is 33.9 Å². The molecule has 0 atom stereocenters. The number of nitrogen functional groups attached to an aromatic ring is 1. The van der Waals surface area contributed by atoms with Crippen LogP contribution in [-0.2, 0) is 27.1 Å². The monoisotopic (exact) mass is 366 g/mol. The van der Waals surface area contributed by atoms with Gasteiger partial charge in [-0.1, -0.05) is 0 Å². The molecule has 27 heavy (non-hydrogen) atoms. The van der Waals surface area contributed by atoms with Crippen molar-refractivity contribution in [3.05, 3.63) is 50.8 Å². The summed E-state index contributed by atoms with van der Waals surface area (Å²) in [6, 6.07) is 5.94. The number of aryl methyl sites for hydroxylation is 2. The smallest absolute Gasteiger partial charge is 0.332 e. The Hall–Kier alpha value is -3.42. The minimum absolute atomic E-state index is 0.164. The second kappa shape index (κ2) is 5.29. The van der Waals surface area contributed by atoms with Crippen molar-refractivity contribution in [1.82, 2.24) is 13.7 Å². The first-order valence-corrected chi connectivity index (χ1v) is 8.64. The van der Waals surface area contributed by atoms with E-state index in [9.17, 15) is 9.59 Å². The van der Waals surface area contributed by atoms with Crippen molar-refractivity contribution in [3.63, 3.8) is 0 Å². The van der Waals surface area contributed by atoms with Gasteiger partial charge in [-0.15, -0.1) is 0 Å². The van der Waals surface area contributed by atoms with Crippen molar-refractivity contribution in [2.45, 2.75) is 13.0 Å². The fourth-order valence-electron chi connectivity index (χ4n) is 3.86. The Morgan fingerprint density at radius 2 is 1.78 bits per heavy atom. The third-order valence-electron chi connectivity index (χ3n) is 5.39. The van der Waals surface area contributed by atoms with Crippen molar-refractivity contribution >= 4 is 5.82 Å². The number of anilines is 1. The van der Waals surface area contributed by atoms with Crippen LogP contribution in [0.1, 0.15) is 5.56 Å². The van der Waals surface area contributed by atoms with E-state index < -0.39 is 11.2 Å². The van der Waals surface area contributed by atoms with E-state index in [0.29, 0.717) is 11.1 Å². The van der Waals surface area contributed by atoms with Gasteiger partial charge in [-0.25, -0.2) is 4.79 Å². The summed E-state index contributed by atoms with van der Waals surface area (Å²) in [5, 5.41) is 0. The Balaban J connectivity index is 1.73. The van der Waals surface area contributed by atoms with Gasteiger partial charge in [-0.05, 0) is 30.2 Å². The number of ether oxygens (including phenoxy) is 2. The minimum atomic E-state index is -0.441. The number of aromatic nitrogens is 3. The van der Waals surface area contributed by atoms with Crippen LogP contribution < -0.4 is 26.5 Å². The summed E-state index contributed by atoms with van der Waals surface area (Å²) in [7, 11) is 3.02. The third-order valence-corrected chi connectivity index (χ3v) is 5.39. The van der Waals surface area contributed by atoms with Gasteiger partial charge in [0, 0.05) is 43.7 Å². The molecule has 4 heterocycles. The lowest BCUT2D eigenvalue weighted by Crippen LogP contribution is -2.39. The van der Waals surface area contributed by atoms with Gasteiger partial charge in [0.2, 0.25) is 6.79 Å². The van der Waals surface area contributed by atoms with E-state index in [-0.39, 0.29) is 12.6 Å². The van der Waals surface area contributed by atoms with Gasteiger partial charge < -0.3 is 19.8 Å². The van der Waals surface area contributed by atoms with Gasteiger partial charge in [0.1, 0.15) is 5.82 Å². The molecule has 0 saturated heterocycles. The first-order chi connectivity index (χ1) is 13.0. The molecule has 0 aliphatic carbocycles. The SMILES string of the molecule is Cn1c(N)c(-c2cc3n(c2)CCc2cc4c(cc2-3)OCO4)c(=O)n(C)c1=O. The first-order valence-electron chi connectivity index (χ1n) is 8.64. The lowest BCUT2D eigenvalue weighted by Gasteiger charge is -2.19. The Morgan fingerprint density at radius 1 is 1.04 bits per heavy atom. The molecule has 0 saturated carbocycles. The van der Waals surface area contributed by atoms with Crippen molar-refractivity contribution < 1.29 is 9.47 Å². The lowest BCUT2D eigenvalue weighted by atomic mass is 9.97. The van der Waals surface area contributed by atoms with Crippen LogP contribution in [-0.4, -0.2) is 20.5 Å². The summed E-state index contributed by atoms with van der Waals surface area (Å²) in [4.78, 5) is 24.8. The number of fused-ring (bicyclic) bond motifs is 4. The van der Waals surface area contributed by atoms with Crippen LogP contribution >= 0.6 is 0 Å². The Morgan fingerprint density at radius 3 is 2.56 bits per heavy atom. The molecule has 8 heteroatoms. The molecular formula is C19H18N4O4. The van der Waals surface area contributed by atoms with E-state index in [1.807, 2.05) is 24.4 Å². The third kappa shape index (κ3) is 2.09. The van der Waals surface area contributed by atoms with Gasteiger partial charge in [0.05, 0.1) is 5.56 Å². The highest BCUT2D eigenvalue weighted by molar-refractivity contribution is 5.80. The molecule has 0 spiro atoms. The van der Waals surface area contributed by atoms with Crippen LogP contribution in [0, 0.1) is 0 Å². The molecule has 2 N–H and O–H groups in total. The fraction of sp³-hybridized carbons (Fsp3) is 0.263. The molecule has 3 aromatic rings. The molecule has 2 aromatic heterocycles. The van der Waals surface area contributed by atoms with Crippen LogP contribution in [0.15, 0.2) is 34.0 Å². The second-order valence-electron chi connectivity index (χ2n) is 6.89. The predicted molar refractivity (Wildman–Crippen MR) is 100 cm³/mol. The van der Waals surface area contributed by atoms with E-state index in [1.54, 1.807) is 7.05 Å². The molecule has 8 nitrogen and oxygen atoms in total. The number of hydrogen-bond acceptors (Lipinski definition) is 5. The normalized spacial score (nSPS) is 14.1. The zero-order valence-corrected chi connectivity index (χ0v) is 15.0.